The number of rotatable bonds is 3. The van der Waals surface area contributed by atoms with E-state index in [0.29, 0.717) is 36.3 Å². The normalized spacial score (nSPS) is 21.6. The van der Waals surface area contributed by atoms with Crippen molar-refractivity contribution in [2.24, 2.45) is 0 Å². The van der Waals surface area contributed by atoms with Crippen LogP contribution in [0.3, 0.4) is 0 Å². The Morgan fingerprint density at radius 2 is 2.10 bits per heavy atom. The average Bonchev–Trinajstić information content (AvgIpc) is 2.77. The molecule has 0 radical (unpaired) electrons. The zero-order valence-corrected chi connectivity index (χ0v) is 12.4. The maximum absolute atomic E-state index is 12.5. The second kappa shape index (κ2) is 5.31. The third kappa shape index (κ3) is 2.68. The van der Waals surface area contributed by atoms with Crippen molar-refractivity contribution in [2.75, 3.05) is 6.54 Å². The molecule has 1 aromatic rings. The second-order valence-corrected chi connectivity index (χ2v) is 5.64. The number of carboxylic acid groups (broad SMARTS) is 1. The summed E-state index contributed by atoms with van der Waals surface area (Å²) in [6, 6.07) is 0. The van der Waals surface area contributed by atoms with Gasteiger partial charge in [-0.25, -0.2) is 9.59 Å². The maximum Gasteiger partial charge on any atom is 0.345 e. The zero-order chi connectivity index (χ0) is 15.8. The lowest BCUT2D eigenvalue weighted by molar-refractivity contribution is -0.155. The molecule has 0 aromatic carbocycles. The maximum atomic E-state index is 12.5. The number of nitrogens with zero attached hydrogens (tertiary/aromatic N) is 2. The Morgan fingerprint density at radius 1 is 1.43 bits per heavy atom. The first-order chi connectivity index (χ1) is 9.75. The summed E-state index contributed by atoms with van der Waals surface area (Å²) in [6.07, 6.45) is 1.18. The monoisotopic (exact) mass is 293 g/mol. The molecular formula is C14H19N3O4. The molecule has 1 saturated heterocycles. The molecule has 7 nitrogen and oxygen atoms in total. The van der Waals surface area contributed by atoms with Crippen LogP contribution >= 0.6 is 0 Å². The van der Waals surface area contributed by atoms with Crippen LogP contribution in [0.25, 0.3) is 0 Å². The van der Waals surface area contributed by atoms with E-state index < -0.39 is 17.2 Å². The van der Waals surface area contributed by atoms with Crippen LogP contribution in [0.1, 0.15) is 36.7 Å². The Labute approximate surface area is 122 Å². The third-order valence-corrected chi connectivity index (χ3v) is 4.18. The van der Waals surface area contributed by atoms with Gasteiger partial charge in [-0.15, -0.1) is 0 Å². The first-order valence-corrected chi connectivity index (χ1v) is 6.86. The van der Waals surface area contributed by atoms with E-state index in [1.807, 2.05) is 0 Å². The van der Waals surface area contributed by atoms with Gasteiger partial charge in [-0.2, -0.15) is 4.98 Å². The van der Waals surface area contributed by atoms with Gasteiger partial charge in [-0.1, -0.05) is 0 Å². The lowest BCUT2D eigenvalue weighted by atomic mass is 9.98. The standard InChI is InChI=1S/C14H19N3O4/c1-8-10(9(2)16-13(21)15-8)7-11(18)17-6-4-5-14(17,3)12(19)20/h4-7H2,1-3H3,(H,19,20)(H,15,16,21). The Bertz CT molecular complexity index is 626. The molecule has 0 saturated carbocycles. The summed E-state index contributed by atoms with van der Waals surface area (Å²) in [4.78, 5) is 42.9. The van der Waals surface area contributed by atoms with Crippen molar-refractivity contribution in [3.63, 3.8) is 0 Å². The van der Waals surface area contributed by atoms with Crippen molar-refractivity contribution in [1.29, 1.82) is 0 Å². The van der Waals surface area contributed by atoms with Gasteiger partial charge in [-0.3, -0.25) is 4.79 Å². The molecule has 0 bridgehead atoms. The number of carboxylic acids is 1. The van der Waals surface area contributed by atoms with Crippen molar-refractivity contribution in [3.05, 3.63) is 27.4 Å². The predicted octanol–water partition coefficient (Wildman–Crippen LogP) is 0.395. The minimum absolute atomic E-state index is 0.0459. The van der Waals surface area contributed by atoms with Gasteiger partial charge in [0.15, 0.2) is 0 Å². The third-order valence-electron chi connectivity index (χ3n) is 4.18. The molecule has 0 spiro atoms. The van der Waals surface area contributed by atoms with Gasteiger partial charge in [0.05, 0.1) is 6.42 Å². The van der Waals surface area contributed by atoms with Gasteiger partial charge < -0.3 is 15.0 Å². The molecule has 1 fully saturated rings. The van der Waals surface area contributed by atoms with E-state index in [1.165, 1.54) is 4.90 Å². The predicted molar refractivity (Wildman–Crippen MR) is 75.0 cm³/mol. The van der Waals surface area contributed by atoms with Gasteiger partial charge in [-0.05, 0) is 33.6 Å². The van der Waals surface area contributed by atoms with E-state index in [0.717, 1.165) is 0 Å². The highest BCUT2D eigenvalue weighted by Crippen LogP contribution is 2.30. The fraction of sp³-hybridized carbons (Fsp3) is 0.571. The Hall–Kier alpha value is -2.18. The van der Waals surface area contributed by atoms with E-state index in [4.69, 9.17) is 0 Å². The first kappa shape index (κ1) is 15.2. The fourth-order valence-electron chi connectivity index (χ4n) is 2.85. The van der Waals surface area contributed by atoms with Crippen LogP contribution in [0.5, 0.6) is 0 Å². The minimum atomic E-state index is -1.14. The van der Waals surface area contributed by atoms with Gasteiger partial charge in [0, 0.05) is 23.5 Å². The van der Waals surface area contributed by atoms with E-state index >= 15 is 0 Å². The number of aromatic amines is 1. The molecule has 7 heteroatoms. The molecule has 1 unspecified atom stereocenters. The van der Waals surface area contributed by atoms with Crippen molar-refractivity contribution in [2.45, 2.75) is 45.6 Å². The van der Waals surface area contributed by atoms with Crippen LogP contribution < -0.4 is 5.69 Å². The summed E-state index contributed by atoms with van der Waals surface area (Å²) in [5.74, 6) is -1.24. The molecule has 114 valence electrons. The highest BCUT2D eigenvalue weighted by atomic mass is 16.4. The molecule has 1 aromatic heterocycles. The minimum Gasteiger partial charge on any atom is -0.480 e. The van der Waals surface area contributed by atoms with Gasteiger partial charge in [0.2, 0.25) is 5.91 Å². The van der Waals surface area contributed by atoms with Crippen LogP contribution in [0.4, 0.5) is 0 Å². The summed E-state index contributed by atoms with van der Waals surface area (Å²) < 4.78 is 0. The number of amides is 1. The molecule has 2 rings (SSSR count). The van der Waals surface area contributed by atoms with Crippen LogP contribution in [0.2, 0.25) is 0 Å². The van der Waals surface area contributed by atoms with Crippen LogP contribution in [-0.4, -0.2) is 43.9 Å². The fourth-order valence-corrected chi connectivity index (χ4v) is 2.85. The smallest absolute Gasteiger partial charge is 0.345 e. The van der Waals surface area contributed by atoms with Crippen molar-refractivity contribution >= 4 is 11.9 Å². The molecule has 1 aliphatic rings. The summed E-state index contributed by atoms with van der Waals surface area (Å²) in [7, 11) is 0. The molecule has 2 heterocycles. The number of hydrogen-bond donors (Lipinski definition) is 2. The number of likely N-dealkylation sites (tertiary alicyclic amines) is 1. The summed E-state index contributed by atoms with van der Waals surface area (Å²) in [5, 5.41) is 9.35. The quantitative estimate of drug-likeness (QED) is 0.839. The number of hydrogen-bond acceptors (Lipinski definition) is 4. The topological polar surface area (TPSA) is 103 Å². The van der Waals surface area contributed by atoms with Crippen LogP contribution in [0.15, 0.2) is 4.79 Å². The van der Waals surface area contributed by atoms with Gasteiger partial charge in [0.1, 0.15) is 5.54 Å². The van der Waals surface area contributed by atoms with Crippen molar-refractivity contribution in [3.8, 4) is 0 Å². The van der Waals surface area contributed by atoms with Crippen molar-refractivity contribution in [1.82, 2.24) is 14.9 Å². The zero-order valence-electron chi connectivity index (χ0n) is 12.4. The molecular weight excluding hydrogens is 274 g/mol. The number of aromatic nitrogens is 2. The SMILES string of the molecule is Cc1nc(=O)[nH]c(C)c1CC(=O)N1CCCC1(C)C(=O)O. The Kier molecular flexibility index (Phi) is 3.85. The molecule has 0 aliphatic carbocycles. The molecule has 2 N–H and O–H groups in total. The second-order valence-electron chi connectivity index (χ2n) is 5.64. The number of aryl methyl sites for hydroxylation is 2. The molecule has 1 aliphatic heterocycles. The number of carbonyl (C=O) groups excluding carboxylic acids is 1. The van der Waals surface area contributed by atoms with Gasteiger partial charge >= 0.3 is 11.7 Å². The lowest BCUT2D eigenvalue weighted by Gasteiger charge is -2.31. The Morgan fingerprint density at radius 3 is 2.67 bits per heavy atom. The highest BCUT2D eigenvalue weighted by molar-refractivity contribution is 5.88. The van der Waals surface area contributed by atoms with E-state index in [9.17, 15) is 19.5 Å². The molecule has 1 amide bonds. The van der Waals surface area contributed by atoms with Gasteiger partial charge in [0.25, 0.3) is 0 Å². The molecule has 21 heavy (non-hydrogen) atoms. The average molecular weight is 293 g/mol. The van der Waals surface area contributed by atoms with Crippen molar-refractivity contribution < 1.29 is 14.7 Å². The van der Waals surface area contributed by atoms with E-state index in [1.54, 1.807) is 20.8 Å². The lowest BCUT2D eigenvalue weighted by Crippen LogP contribution is -2.51. The van der Waals surface area contributed by atoms with Crippen LogP contribution in [-0.2, 0) is 16.0 Å². The number of nitrogens with one attached hydrogen (secondary N) is 1. The number of H-pyrrole nitrogens is 1. The summed E-state index contributed by atoms with van der Waals surface area (Å²) in [5.41, 5.74) is 0.156. The van der Waals surface area contributed by atoms with E-state index in [2.05, 4.69) is 9.97 Å². The largest absolute Gasteiger partial charge is 0.480 e. The van der Waals surface area contributed by atoms with E-state index in [-0.39, 0.29) is 12.3 Å². The Balaban J connectivity index is 2.27. The summed E-state index contributed by atoms with van der Waals surface area (Å²) in [6.45, 7) is 5.39. The van der Waals surface area contributed by atoms with Crippen LogP contribution in [0, 0.1) is 13.8 Å². The highest BCUT2D eigenvalue weighted by Gasteiger charge is 2.45. The number of carbonyl (C=O) groups is 2. The molecule has 1 atom stereocenters. The first-order valence-electron chi connectivity index (χ1n) is 6.86. The number of aliphatic carboxylic acids is 1. The summed E-state index contributed by atoms with van der Waals surface area (Å²) >= 11 is 0.